The number of Topliss-reactive ketones (excluding diaryl/α,β-unsaturated/α-hetero) is 1. The van der Waals surface area contributed by atoms with Crippen LogP contribution in [0.3, 0.4) is 0 Å². The Balaban J connectivity index is 1.69. The maximum atomic E-state index is 13.3. The number of nitrogens with zero attached hydrogens (tertiary/aromatic N) is 2. The minimum absolute atomic E-state index is 0.0670. The number of anilines is 1. The predicted octanol–water partition coefficient (Wildman–Crippen LogP) is 5.22. The van der Waals surface area contributed by atoms with Gasteiger partial charge in [-0.3, -0.25) is 4.79 Å². The molecule has 1 N–H and O–H groups in total. The number of carbonyl (C=O) groups is 1. The Bertz CT molecular complexity index is 1140. The number of carbonyl (C=O) groups excluding carboxylic acids is 1. The second-order valence-corrected chi connectivity index (χ2v) is 8.85. The zero-order valence-corrected chi connectivity index (χ0v) is 17.5. The molecule has 5 nitrogen and oxygen atoms in total. The van der Waals surface area contributed by atoms with E-state index in [1.807, 2.05) is 53.3 Å². The molecule has 5 heteroatoms. The molecular weight excluding hydrogens is 374 g/mol. The second-order valence-electron chi connectivity index (χ2n) is 8.85. The minimum atomic E-state index is -0.247. The Morgan fingerprint density at radius 3 is 2.50 bits per heavy atom. The molecule has 0 radical (unpaired) electrons. The molecule has 1 aliphatic carbocycles. The number of fused-ring (bicyclic) bond motifs is 1. The van der Waals surface area contributed by atoms with Crippen molar-refractivity contribution in [2.75, 3.05) is 12.4 Å². The Kier molecular flexibility index (Phi) is 4.28. The van der Waals surface area contributed by atoms with Gasteiger partial charge in [-0.25, -0.2) is 4.68 Å². The van der Waals surface area contributed by atoms with Crippen molar-refractivity contribution in [2.45, 2.75) is 32.7 Å². The number of hydrogen-bond acceptors (Lipinski definition) is 4. The van der Waals surface area contributed by atoms with Gasteiger partial charge in [0.15, 0.2) is 5.78 Å². The van der Waals surface area contributed by atoms with E-state index in [0.29, 0.717) is 6.42 Å². The van der Waals surface area contributed by atoms with E-state index in [9.17, 15) is 4.79 Å². The maximum Gasteiger partial charge on any atom is 0.163 e. The van der Waals surface area contributed by atoms with Crippen LogP contribution in [-0.2, 0) is 4.79 Å². The molecule has 30 heavy (non-hydrogen) atoms. The van der Waals surface area contributed by atoms with Crippen molar-refractivity contribution in [3.05, 3.63) is 77.6 Å². The number of ether oxygens (including phenoxy) is 1. The summed E-state index contributed by atoms with van der Waals surface area (Å²) < 4.78 is 7.29. The third-order valence-electron chi connectivity index (χ3n) is 6.02. The fourth-order valence-corrected chi connectivity index (χ4v) is 4.63. The van der Waals surface area contributed by atoms with Crippen LogP contribution in [-0.4, -0.2) is 22.7 Å². The number of aromatic nitrogens is 2. The summed E-state index contributed by atoms with van der Waals surface area (Å²) in [7, 11) is 1.66. The molecule has 2 heterocycles. The molecule has 0 amide bonds. The highest BCUT2D eigenvalue weighted by Gasteiger charge is 2.41. The van der Waals surface area contributed by atoms with Gasteiger partial charge in [0.2, 0.25) is 0 Å². The molecule has 152 valence electrons. The first-order valence-corrected chi connectivity index (χ1v) is 10.3. The van der Waals surface area contributed by atoms with E-state index in [2.05, 4.69) is 31.3 Å². The molecule has 1 atom stereocenters. The molecule has 5 rings (SSSR count). The number of methoxy groups -OCH3 is 1. The van der Waals surface area contributed by atoms with E-state index in [0.717, 1.165) is 45.9 Å². The molecule has 0 saturated heterocycles. The highest BCUT2D eigenvalue weighted by molar-refractivity contribution is 6.00. The number of rotatable bonds is 3. The molecule has 2 aliphatic rings. The lowest BCUT2D eigenvalue weighted by molar-refractivity contribution is -0.118. The fraction of sp³-hybridized carbons (Fsp3) is 0.280. The van der Waals surface area contributed by atoms with E-state index in [-0.39, 0.29) is 17.2 Å². The Hall–Kier alpha value is -3.34. The molecule has 0 saturated carbocycles. The van der Waals surface area contributed by atoms with Crippen molar-refractivity contribution in [3.63, 3.8) is 0 Å². The summed E-state index contributed by atoms with van der Waals surface area (Å²) in [6.45, 7) is 4.31. The molecule has 0 spiro atoms. The van der Waals surface area contributed by atoms with Gasteiger partial charge in [-0.15, -0.1) is 0 Å². The summed E-state index contributed by atoms with van der Waals surface area (Å²) in [5.74, 6) is 1.92. The second kappa shape index (κ2) is 6.87. The van der Waals surface area contributed by atoms with Crippen LogP contribution in [0.25, 0.3) is 11.1 Å². The van der Waals surface area contributed by atoms with Crippen LogP contribution in [0.2, 0.25) is 0 Å². The van der Waals surface area contributed by atoms with E-state index in [4.69, 9.17) is 9.84 Å². The summed E-state index contributed by atoms with van der Waals surface area (Å²) in [6, 6.07) is 17.9. The van der Waals surface area contributed by atoms with Crippen LogP contribution in [0.1, 0.15) is 38.3 Å². The standard InChI is InChI=1S/C25H25N3O2/c1-25(2)13-20-22(21(29)14-25)23(17-9-11-18(30-3)12-10-17)28-24(27-20)19(15-26-28)16-7-5-4-6-8-16/h4-12,15,23,27H,13-14H2,1-3H3/t23-/m0/s1. The smallest absolute Gasteiger partial charge is 0.163 e. The van der Waals surface area contributed by atoms with Crippen molar-refractivity contribution < 1.29 is 9.53 Å². The van der Waals surface area contributed by atoms with Crippen LogP contribution in [0.4, 0.5) is 5.82 Å². The zero-order chi connectivity index (χ0) is 20.9. The van der Waals surface area contributed by atoms with Gasteiger partial charge in [-0.05, 0) is 35.1 Å². The van der Waals surface area contributed by atoms with Crippen molar-refractivity contribution in [1.82, 2.24) is 9.78 Å². The average Bonchev–Trinajstić information content (AvgIpc) is 3.15. The third kappa shape index (κ3) is 3.02. The largest absolute Gasteiger partial charge is 0.497 e. The maximum absolute atomic E-state index is 13.3. The monoisotopic (exact) mass is 399 g/mol. The average molecular weight is 399 g/mol. The molecule has 0 bridgehead atoms. The lowest BCUT2D eigenvalue weighted by atomic mass is 9.73. The van der Waals surface area contributed by atoms with E-state index < -0.39 is 0 Å². The van der Waals surface area contributed by atoms with Gasteiger partial charge in [-0.2, -0.15) is 5.10 Å². The highest BCUT2D eigenvalue weighted by atomic mass is 16.5. The Morgan fingerprint density at radius 2 is 1.80 bits per heavy atom. The topological polar surface area (TPSA) is 56.1 Å². The van der Waals surface area contributed by atoms with E-state index >= 15 is 0 Å². The third-order valence-corrected chi connectivity index (χ3v) is 6.02. The molecule has 1 aliphatic heterocycles. The zero-order valence-electron chi connectivity index (χ0n) is 17.5. The number of benzene rings is 2. The molecule has 0 unspecified atom stereocenters. The summed E-state index contributed by atoms with van der Waals surface area (Å²) in [4.78, 5) is 13.3. The van der Waals surface area contributed by atoms with Crippen LogP contribution < -0.4 is 10.1 Å². The van der Waals surface area contributed by atoms with Gasteiger partial charge < -0.3 is 10.1 Å². The number of allylic oxidation sites excluding steroid dienone is 2. The SMILES string of the molecule is COc1ccc([C@H]2C3=C(CC(C)(C)CC3=O)Nc3c(-c4ccccc4)cnn32)cc1. The minimum Gasteiger partial charge on any atom is -0.497 e. The van der Waals surface area contributed by atoms with E-state index in [1.165, 1.54) is 0 Å². The summed E-state index contributed by atoms with van der Waals surface area (Å²) in [5.41, 5.74) is 4.95. The van der Waals surface area contributed by atoms with Gasteiger partial charge in [0, 0.05) is 23.3 Å². The summed E-state index contributed by atoms with van der Waals surface area (Å²) in [6.07, 6.45) is 3.27. The fourth-order valence-electron chi connectivity index (χ4n) is 4.63. The molecular formula is C25H25N3O2. The first-order valence-electron chi connectivity index (χ1n) is 10.3. The molecule has 0 fully saturated rings. The lowest BCUT2D eigenvalue weighted by Gasteiger charge is -2.39. The predicted molar refractivity (Wildman–Crippen MR) is 117 cm³/mol. The Labute approximate surface area is 176 Å². The van der Waals surface area contributed by atoms with Crippen LogP contribution >= 0.6 is 0 Å². The van der Waals surface area contributed by atoms with Gasteiger partial charge in [0.05, 0.1) is 13.3 Å². The molecule has 3 aromatic rings. The number of ketones is 1. The molecule has 1 aromatic heterocycles. The van der Waals surface area contributed by atoms with Crippen LogP contribution in [0.15, 0.2) is 72.1 Å². The van der Waals surface area contributed by atoms with Gasteiger partial charge in [-0.1, -0.05) is 56.3 Å². The van der Waals surface area contributed by atoms with Gasteiger partial charge in [0.1, 0.15) is 17.6 Å². The van der Waals surface area contributed by atoms with Crippen LogP contribution in [0, 0.1) is 5.41 Å². The van der Waals surface area contributed by atoms with Crippen molar-refractivity contribution in [1.29, 1.82) is 0 Å². The van der Waals surface area contributed by atoms with E-state index in [1.54, 1.807) is 7.11 Å². The first kappa shape index (κ1) is 18.7. The highest BCUT2D eigenvalue weighted by Crippen LogP contribution is 2.47. The first-order chi connectivity index (χ1) is 14.5. The lowest BCUT2D eigenvalue weighted by Crippen LogP contribution is -2.36. The number of hydrogen-bond donors (Lipinski definition) is 1. The van der Waals surface area contributed by atoms with Gasteiger partial charge >= 0.3 is 0 Å². The summed E-state index contributed by atoms with van der Waals surface area (Å²) in [5, 5.41) is 8.32. The quantitative estimate of drug-likeness (QED) is 0.656. The summed E-state index contributed by atoms with van der Waals surface area (Å²) >= 11 is 0. The van der Waals surface area contributed by atoms with Gasteiger partial charge in [0.25, 0.3) is 0 Å². The number of nitrogens with one attached hydrogen (secondary N) is 1. The van der Waals surface area contributed by atoms with Crippen LogP contribution in [0.5, 0.6) is 5.75 Å². The van der Waals surface area contributed by atoms with Crippen molar-refractivity contribution in [3.8, 4) is 16.9 Å². The van der Waals surface area contributed by atoms with Crippen molar-refractivity contribution >= 4 is 11.6 Å². The Morgan fingerprint density at radius 1 is 1.07 bits per heavy atom. The van der Waals surface area contributed by atoms with Crippen molar-refractivity contribution in [2.24, 2.45) is 5.41 Å². The normalized spacial score (nSPS) is 19.7. The molecule has 2 aromatic carbocycles.